The van der Waals surface area contributed by atoms with Crippen LogP contribution in [0, 0.1) is 0 Å². The number of hydrogen-bond acceptors (Lipinski definition) is 6. The lowest BCUT2D eigenvalue weighted by atomic mass is 10.0. The highest BCUT2D eigenvalue weighted by Gasteiger charge is 2.19. The number of unbranched alkanes of at least 4 members (excludes halogenated alkanes) is 41. The van der Waals surface area contributed by atoms with Crippen LogP contribution in [0.2, 0.25) is 0 Å². The summed E-state index contributed by atoms with van der Waals surface area (Å²) in [4.78, 5) is 38.2. The first-order valence-corrected chi connectivity index (χ1v) is 33.8. The van der Waals surface area contributed by atoms with Crippen molar-refractivity contribution in [3.63, 3.8) is 0 Å². The zero-order chi connectivity index (χ0) is 55.7. The molecule has 0 aliphatic rings. The Kier molecular flexibility index (Phi) is 63.2. The third kappa shape index (κ3) is 63.8. The molecule has 0 aliphatic carbocycles. The van der Waals surface area contributed by atoms with E-state index in [2.05, 4.69) is 81.5 Å². The molecule has 77 heavy (non-hydrogen) atoms. The quantitative estimate of drug-likeness (QED) is 0.0261. The van der Waals surface area contributed by atoms with Crippen LogP contribution in [0.5, 0.6) is 0 Å². The van der Waals surface area contributed by atoms with E-state index in [1.54, 1.807) is 0 Å². The number of allylic oxidation sites excluding steroid dienone is 10. The lowest BCUT2D eigenvalue weighted by Crippen LogP contribution is -2.30. The molecule has 6 nitrogen and oxygen atoms in total. The highest BCUT2D eigenvalue weighted by atomic mass is 16.6. The van der Waals surface area contributed by atoms with E-state index in [-0.39, 0.29) is 31.1 Å². The van der Waals surface area contributed by atoms with Crippen molar-refractivity contribution in [2.75, 3.05) is 13.2 Å². The van der Waals surface area contributed by atoms with E-state index < -0.39 is 6.10 Å². The Labute approximate surface area is 479 Å². The van der Waals surface area contributed by atoms with Crippen molar-refractivity contribution in [2.24, 2.45) is 0 Å². The monoisotopic (exact) mass is 1080 g/mol. The van der Waals surface area contributed by atoms with Gasteiger partial charge in [0.25, 0.3) is 0 Å². The van der Waals surface area contributed by atoms with Crippen molar-refractivity contribution in [3.05, 3.63) is 60.8 Å². The largest absolute Gasteiger partial charge is 0.462 e. The molecule has 0 fully saturated rings. The molecular formula is C71H128O6. The minimum Gasteiger partial charge on any atom is -0.462 e. The van der Waals surface area contributed by atoms with E-state index in [9.17, 15) is 14.4 Å². The SMILES string of the molecule is CC/C=C\C/C=C\C/C=C\CCCCCC(=O)OCC(COC(=O)CCCCCCCCCCCCCCCCCCCCCCCCCCCCCCCCCC)OC(=O)CCCCCCC/C=C\C/C=C\CCCC. The summed E-state index contributed by atoms with van der Waals surface area (Å²) in [5.74, 6) is -0.916. The third-order valence-electron chi connectivity index (χ3n) is 15.0. The minimum absolute atomic E-state index is 0.0868. The number of rotatable bonds is 62. The molecule has 0 aromatic carbocycles. The molecule has 1 unspecified atom stereocenters. The van der Waals surface area contributed by atoms with Crippen molar-refractivity contribution in [2.45, 2.75) is 361 Å². The number of esters is 3. The average molecular weight is 1080 g/mol. The second-order valence-electron chi connectivity index (χ2n) is 22.7. The topological polar surface area (TPSA) is 78.9 Å². The molecule has 0 radical (unpaired) electrons. The van der Waals surface area contributed by atoms with Crippen LogP contribution >= 0.6 is 0 Å². The maximum atomic E-state index is 12.9. The van der Waals surface area contributed by atoms with Gasteiger partial charge in [-0.3, -0.25) is 14.4 Å². The Hall–Kier alpha value is -2.89. The Morgan fingerprint density at radius 3 is 0.844 bits per heavy atom. The molecule has 0 bridgehead atoms. The van der Waals surface area contributed by atoms with Gasteiger partial charge in [0.15, 0.2) is 6.10 Å². The predicted octanol–water partition coefficient (Wildman–Crippen LogP) is 23.1. The fraction of sp³-hybridized carbons (Fsp3) is 0.817. The van der Waals surface area contributed by atoms with Gasteiger partial charge in [0.1, 0.15) is 13.2 Å². The summed E-state index contributed by atoms with van der Waals surface area (Å²) >= 11 is 0. The highest BCUT2D eigenvalue weighted by molar-refractivity contribution is 5.71. The number of carbonyl (C=O) groups excluding carboxylic acids is 3. The molecule has 1 atom stereocenters. The normalized spacial score (nSPS) is 12.4. The second kappa shape index (κ2) is 65.6. The van der Waals surface area contributed by atoms with Crippen LogP contribution in [0.25, 0.3) is 0 Å². The molecule has 0 saturated carbocycles. The fourth-order valence-corrected chi connectivity index (χ4v) is 9.95. The zero-order valence-corrected chi connectivity index (χ0v) is 51.5. The molecule has 0 spiro atoms. The van der Waals surface area contributed by atoms with Gasteiger partial charge >= 0.3 is 17.9 Å². The molecule has 0 amide bonds. The van der Waals surface area contributed by atoms with Crippen LogP contribution in [0.15, 0.2) is 60.8 Å². The first-order valence-electron chi connectivity index (χ1n) is 33.8. The van der Waals surface area contributed by atoms with Gasteiger partial charge in [-0.25, -0.2) is 0 Å². The van der Waals surface area contributed by atoms with E-state index in [4.69, 9.17) is 14.2 Å². The van der Waals surface area contributed by atoms with Gasteiger partial charge in [-0.2, -0.15) is 0 Å². The third-order valence-corrected chi connectivity index (χ3v) is 15.0. The molecule has 448 valence electrons. The Morgan fingerprint density at radius 1 is 0.273 bits per heavy atom. The summed E-state index contributed by atoms with van der Waals surface area (Å²) in [7, 11) is 0. The van der Waals surface area contributed by atoms with Gasteiger partial charge in [-0.05, 0) is 77.0 Å². The Morgan fingerprint density at radius 2 is 0.519 bits per heavy atom. The van der Waals surface area contributed by atoms with Crippen LogP contribution in [0.4, 0.5) is 0 Å². The summed E-state index contributed by atoms with van der Waals surface area (Å²) in [5, 5.41) is 0. The van der Waals surface area contributed by atoms with Crippen LogP contribution in [0.1, 0.15) is 355 Å². The maximum absolute atomic E-state index is 12.9. The van der Waals surface area contributed by atoms with Gasteiger partial charge in [-0.1, -0.05) is 319 Å². The van der Waals surface area contributed by atoms with Gasteiger partial charge in [0, 0.05) is 19.3 Å². The van der Waals surface area contributed by atoms with Crippen molar-refractivity contribution < 1.29 is 28.6 Å². The average Bonchev–Trinajstić information content (AvgIpc) is 3.43. The first kappa shape index (κ1) is 74.1. The van der Waals surface area contributed by atoms with Gasteiger partial charge < -0.3 is 14.2 Å². The lowest BCUT2D eigenvalue weighted by molar-refractivity contribution is -0.167. The van der Waals surface area contributed by atoms with Crippen LogP contribution in [0.3, 0.4) is 0 Å². The molecule has 0 aromatic heterocycles. The number of carbonyl (C=O) groups is 3. The van der Waals surface area contributed by atoms with Crippen molar-refractivity contribution in [3.8, 4) is 0 Å². The Balaban J connectivity index is 4.10. The van der Waals surface area contributed by atoms with Gasteiger partial charge in [0.05, 0.1) is 0 Å². The molecule has 6 heteroatoms. The molecule has 0 N–H and O–H groups in total. The smallest absolute Gasteiger partial charge is 0.306 e. The van der Waals surface area contributed by atoms with E-state index in [1.807, 2.05) is 0 Å². The molecule has 0 aromatic rings. The fourth-order valence-electron chi connectivity index (χ4n) is 9.95. The lowest BCUT2D eigenvalue weighted by Gasteiger charge is -2.18. The van der Waals surface area contributed by atoms with Gasteiger partial charge in [-0.15, -0.1) is 0 Å². The predicted molar refractivity (Wildman–Crippen MR) is 335 cm³/mol. The minimum atomic E-state index is -0.793. The van der Waals surface area contributed by atoms with E-state index in [1.165, 1.54) is 205 Å². The van der Waals surface area contributed by atoms with Crippen LogP contribution < -0.4 is 0 Å². The standard InChI is InChI=1S/C71H128O6/c1-4-7-10-13-16-19-22-25-27-28-29-30-31-32-33-34-35-36-37-38-39-40-41-42-43-44-47-49-52-55-58-61-64-70(73)76-67-68(66-75-69(72)63-60-57-54-51-48-45-24-21-18-15-12-9-6-3)77-71(74)65-62-59-56-53-50-46-26-23-20-17-14-11-8-5-2/h9,12,14,17-18,21,23,26,45,48,68H,4-8,10-11,13,15-16,19-20,22,24-25,27-44,46-47,49-67H2,1-3H3/b12-9-,17-14-,21-18-,26-23-,48-45-. The summed E-state index contributed by atoms with van der Waals surface area (Å²) in [6.07, 6.45) is 84.2. The molecule has 0 saturated heterocycles. The zero-order valence-electron chi connectivity index (χ0n) is 51.5. The molecule has 0 aliphatic heterocycles. The van der Waals surface area contributed by atoms with Crippen molar-refractivity contribution >= 4 is 17.9 Å². The second-order valence-corrected chi connectivity index (χ2v) is 22.7. The highest BCUT2D eigenvalue weighted by Crippen LogP contribution is 2.18. The molecular weight excluding hydrogens is 949 g/mol. The number of ether oxygens (including phenoxy) is 3. The van der Waals surface area contributed by atoms with Gasteiger partial charge in [0.2, 0.25) is 0 Å². The molecule has 0 rings (SSSR count). The van der Waals surface area contributed by atoms with Crippen molar-refractivity contribution in [1.82, 2.24) is 0 Å². The summed E-state index contributed by atoms with van der Waals surface area (Å²) in [6, 6.07) is 0. The van der Waals surface area contributed by atoms with E-state index >= 15 is 0 Å². The summed E-state index contributed by atoms with van der Waals surface area (Å²) in [6.45, 7) is 6.49. The number of hydrogen-bond donors (Lipinski definition) is 0. The van der Waals surface area contributed by atoms with E-state index in [0.29, 0.717) is 19.3 Å². The molecule has 0 heterocycles. The van der Waals surface area contributed by atoms with Crippen LogP contribution in [-0.4, -0.2) is 37.2 Å². The first-order chi connectivity index (χ1) is 38.0. The van der Waals surface area contributed by atoms with E-state index in [0.717, 1.165) is 109 Å². The maximum Gasteiger partial charge on any atom is 0.306 e. The summed E-state index contributed by atoms with van der Waals surface area (Å²) < 4.78 is 16.9. The van der Waals surface area contributed by atoms with Crippen LogP contribution in [-0.2, 0) is 28.6 Å². The van der Waals surface area contributed by atoms with Crippen molar-refractivity contribution in [1.29, 1.82) is 0 Å². The Bertz CT molecular complexity index is 1380. The summed E-state index contributed by atoms with van der Waals surface area (Å²) in [5.41, 5.74) is 0.